The number of hydrogen-bond donors (Lipinski definition) is 0. The van der Waals surface area contributed by atoms with Gasteiger partial charge in [-0.2, -0.15) is 0 Å². The number of hydrogen-bond acceptors (Lipinski definition) is 1. The minimum atomic E-state index is 0.352. The lowest BCUT2D eigenvalue weighted by atomic mass is 9.98. The predicted octanol–water partition coefficient (Wildman–Crippen LogP) is 3.84. The molecule has 15 heavy (non-hydrogen) atoms. The van der Waals surface area contributed by atoms with Crippen LogP contribution in [-0.4, -0.2) is 5.78 Å². The lowest BCUT2D eigenvalue weighted by Crippen LogP contribution is -2.07. The highest BCUT2D eigenvalue weighted by Crippen LogP contribution is 2.12. The molecular formula is C13H17IO. The fourth-order valence-corrected chi connectivity index (χ4v) is 1.79. The van der Waals surface area contributed by atoms with Crippen LogP contribution in [0.5, 0.6) is 0 Å². The van der Waals surface area contributed by atoms with Crippen LogP contribution in [0.15, 0.2) is 24.3 Å². The van der Waals surface area contributed by atoms with Crippen LogP contribution in [0.1, 0.15) is 32.3 Å². The van der Waals surface area contributed by atoms with Crippen molar-refractivity contribution in [3.8, 4) is 0 Å². The Hall–Kier alpha value is -0.380. The molecule has 0 aliphatic carbocycles. The highest BCUT2D eigenvalue weighted by atomic mass is 127. The number of halogens is 1. The van der Waals surface area contributed by atoms with E-state index in [2.05, 4.69) is 36.4 Å². The van der Waals surface area contributed by atoms with E-state index >= 15 is 0 Å². The van der Waals surface area contributed by atoms with E-state index < -0.39 is 0 Å². The fraction of sp³-hybridized carbons (Fsp3) is 0.462. The fourth-order valence-electron chi connectivity index (χ4n) is 1.44. The summed E-state index contributed by atoms with van der Waals surface area (Å²) in [6.45, 7) is 4.26. The zero-order valence-corrected chi connectivity index (χ0v) is 11.5. The average Bonchev–Trinajstić information content (AvgIpc) is 2.21. The van der Waals surface area contributed by atoms with Gasteiger partial charge in [0.2, 0.25) is 0 Å². The third-order valence-corrected chi connectivity index (χ3v) is 3.31. The van der Waals surface area contributed by atoms with Gasteiger partial charge in [-0.15, -0.1) is 0 Å². The molecule has 1 rings (SSSR count). The molecule has 0 bridgehead atoms. The molecule has 0 N–H and O–H groups in total. The van der Waals surface area contributed by atoms with Gasteiger partial charge in [0.15, 0.2) is 0 Å². The summed E-state index contributed by atoms with van der Waals surface area (Å²) in [5.74, 6) is 0.868. The third-order valence-electron chi connectivity index (χ3n) is 2.59. The number of ketones is 1. The molecule has 1 aromatic carbocycles. The van der Waals surface area contributed by atoms with E-state index in [1.165, 1.54) is 3.57 Å². The number of Topliss-reactive ketones (excluding diaryl/α,β-unsaturated/α-hetero) is 1. The number of carbonyl (C=O) groups excluding carboxylic acids is 1. The van der Waals surface area contributed by atoms with Crippen molar-refractivity contribution in [2.75, 3.05) is 0 Å². The van der Waals surface area contributed by atoms with E-state index in [1.54, 1.807) is 0 Å². The van der Waals surface area contributed by atoms with Crippen LogP contribution in [0.3, 0.4) is 0 Å². The van der Waals surface area contributed by atoms with Crippen LogP contribution in [0, 0.1) is 9.49 Å². The Labute approximate surface area is 105 Å². The first-order chi connectivity index (χ1) is 7.11. The van der Waals surface area contributed by atoms with E-state index in [0.717, 1.165) is 12.0 Å². The van der Waals surface area contributed by atoms with Gasteiger partial charge in [0.05, 0.1) is 0 Å². The summed E-state index contributed by atoms with van der Waals surface area (Å²) in [5, 5.41) is 0. The summed E-state index contributed by atoms with van der Waals surface area (Å²) in [5.41, 5.74) is 1.13. The van der Waals surface area contributed by atoms with Crippen molar-refractivity contribution < 1.29 is 4.79 Å². The molecule has 1 unspecified atom stereocenters. The number of rotatable bonds is 5. The Morgan fingerprint density at radius 2 is 1.93 bits per heavy atom. The van der Waals surface area contributed by atoms with Gasteiger partial charge < -0.3 is 0 Å². The topological polar surface area (TPSA) is 17.1 Å². The standard InChI is InChI=1S/C13H17IO/c1-3-10(2)8-13(15)9-11-4-6-12(14)7-5-11/h4-7,10H,3,8-9H2,1-2H3. The molecule has 0 aliphatic heterocycles. The van der Waals surface area contributed by atoms with Crippen LogP contribution in [0.2, 0.25) is 0 Å². The molecule has 1 atom stereocenters. The Bertz CT molecular complexity index is 316. The molecule has 2 heteroatoms. The zero-order chi connectivity index (χ0) is 11.3. The van der Waals surface area contributed by atoms with Crippen molar-refractivity contribution >= 4 is 28.4 Å². The highest BCUT2D eigenvalue weighted by molar-refractivity contribution is 14.1. The van der Waals surface area contributed by atoms with Gasteiger partial charge >= 0.3 is 0 Å². The number of carbonyl (C=O) groups is 1. The molecule has 0 spiro atoms. The summed E-state index contributed by atoms with van der Waals surface area (Å²) in [6, 6.07) is 8.17. The quantitative estimate of drug-likeness (QED) is 0.754. The molecular weight excluding hydrogens is 299 g/mol. The molecule has 0 saturated carbocycles. The van der Waals surface area contributed by atoms with E-state index in [4.69, 9.17) is 0 Å². The van der Waals surface area contributed by atoms with E-state index in [9.17, 15) is 4.79 Å². The smallest absolute Gasteiger partial charge is 0.137 e. The number of benzene rings is 1. The van der Waals surface area contributed by atoms with Crippen molar-refractivity contribution in [1.82, 2.24) is 0 Å². The van der Waals surface area contributed by atoms with Crippen molar-refractivity contribution in [2.45, 2.75) is 33.1 Å². The maximum absolute atomic E-state index is 11.7. The van der Waals surface area contributed by atoms with Gasteiger partial charge in [0.25, 0.3) is 0 Å². The SMILES string of the molecule is CCC(C)CC(=O)Cc1ccc(I)cc1. The minimum absolute atomic E-state index is 0.352. The summed E-state index contributed by atoms with van der Waals surface area (Å²) in [7, 11) is 0. The largest absolute Gasteiger partial charge is 0.299 e. The molecule has 0 radical (unpaired) electrons. The molecule has 1 nitrogen and oxygen atoms in total. The van der Waals surface area contributed by atoms with Gasteiger partial charge in [-0.25, -0.2) is 0 Å². The Kier molecular flexibility index (Phi) is 5.29. The zero-order valence-electron chi connectivity index (χ0n) is 9.29. The first-order valence-electron chi connectivity index (χ1n) is 5.38. The van der Waals surface area contributed by atoms with Crippen molar-refractivity contribution in [3.63, 3.8) is 0 Å². The van der Waals surface area contributed by atoms with Gasteiger partial charge in [-0.05, 0) is 46.2 Å². The maximum Gasteiger partial charge on any atom is 0.137 e. The average molecular weight is 316 g/mol. The first-order valence-corrected chi connectivity index (χ1v) is 6.45. The van der Waals surface area contributed by atoms with Crippen LogP contribution < -0.4 is 0 Å². The molecule has 82 valence electrons. The lowest BCUT2D eigenvalue weighted by Gasteiger charge is -2.07. The summed E-state index contributed by atoms with van der Waals surface area (Å²) in [6.07, 6.45) is 2.38. The first kappa shape index (κ1) is 12.7. The molecule has 0 heterocycles. The monoisotopic (exact) mass is 316 g/mol. The Morgan fingerprint density at radius 3 is 2.47 bits per heavy atom. The Morgan fingerprint density at radius 1 is 1.33 bits per heavy atom. The van der Waals surface area contributed by atoms with Crippen LogP contribution in [0.4, 0.5) is 0 Å². The minimum Gasteiger partial charge on any atom is -0.299 e. The van der Waals surface area contributed by atoms with Crippen LogP contribution in [0.25, 0.3) is 0 Å². The molecule has 0 saturated heterocycles. The van der Waals surface area contributed by atoms with Gasteiger partial charge in [-0.1, -0.05) is 32.4 Å². The van der Waals surface area contributed by atoms with Gasteiger partial charge in [-0.3, -0.25) is 4.79 Å². The molecule has 0 aromatic heterocycles. The van der Waals surface area contributed by atoms with Crippen molar-refractivity contribution in [3.05, 3.63) is 33.4 Å². The summed E-state index contributed by atoms with van der Waals surface area (Å²) in [4.78, 5) is 11.7. The van der Waals surface area contributed by atoms with E-state index in [-0.39, 0.29) is 0 Å². The van der Waals surface area contributed by atoms with Gasteiger partial charge in [0.1, 0.15) is 5.78 Å². The molecule has 0 fully saturated rings. The molecule has 0 amide bonds. The second-order valence-electron chi connectivity index (χ2n) is 4.06. The lowest BCUT2D eigenvalue weighted by molar-refractivity contribution is -0.119. The molecule has 1 aromatic rings. The van der Waals surface area contributed by atoms with Crippen LogP contribution >= 0.6 is 22.6 Å². The summed E-state index contributed by atoms with van der Waals surface area (Å²) < 4.78 is 1.21. The second-order valence-corrected chi connectivity index (χ2v) is 5.31. The third kappa shape index (κ3) is 4.78. The second kappa shape index (κ2) is 6.26. The van der Waals surface area contributed by atoms with Crippen molar-refractivity contribution in [1.29, 1.82) is 0 Å². The van der Waals surface area contributed by atoms with E-state index in [1.807, 2.05) is 24.3 Å². The molecule has 0 aliphatic rings. The Balaban J connectivity index is 2.48. The summed E-state index contributed by atoms with van der Waals surface area (Å²) >= 11 is 2.27. The van der Waals surface area contributed by atoms with Crippen LogP contribution in [-0.2, 0) is 11.2 Å². The highest BCUT2D eigenvalue weighted by Gasteiger charge is 2.08. The maximum atomic E-state index is 11.7. The van der Waals surface area contributed by atoms with E-state index in [0.29, 0.717) is 24.5 Å². The van der Waals surface area contributed by atoms with Gasteiger partial charge in [0, 0.05) is 16.4 Å². The normalized spacial score (nSPS) is 12.5. The predicted molar refractivity (Wildman–Crippen MR) is 71.9 cm³/mol. The van der Waals surface area contributed by atoms with Crippen molar-refractivity contribution in [2.24, 2.45) is 5.92 Å².